The van der Waals surface area contributed by atoms with Crippen LogP contribution in [-0.2, 0) is 4.79 Å². The van der Waals surface area contributed by atoms with Gasteiger partial charge in [-0.1, -0.05) is 23.2 Å². The predicted molar refractivity (Wildman–Crippen MR) is 97.8 cm³/mol. The van der Waals surface area contributed by atoms with Gasteiger partial charge in [0.1, 0.15) is 17.4 Å². The van der Waals surface area contributed by atoms with Crippen molar-refractivity contribution in [2.75, 3.05) is 12.4 Å². The molecule has 2 aromatic rings. The molecule has 0 unspecified atom stereocenters. The van der Waals surface area contributed by atoms with Gasteiger partial charge in [0.2, 0.25) is 0 Å². The highest BCUT2D eigenvalue weighted by molar-refractivity contribution is 6.35. The highest BCUT2D eigenvalue weighted by Gasteiger charge is 2.15. The molecule has 0 aromatic heterocycles. The predicted octanol–water partition coefficient (Wildman–Crippen LogP) is 3.53. The lowest BCUT2D eigenvalue weighted by molar-refractivity contribution is -0.398. The zero-order valence-corrected chi connectivity index (χ0v) is 15.2. The van der Waals surface area contributed by atoms with Crippen molar-refractivity contribution in [1.29, 1.82) is 5.26 Å². The largest absolute Gasteiger partial charge is 0.865 e. The molecule has 2 rings (SSSR count). The number of amides is 1. The number of hydrogen-bond donors (Lipinski definition) is 1. The normalized spacial score (nSPS) is 10.8. The molecule has 8 nitrogen and oxygen atoms in total. The molecule has 27 heavy (non-hydrogen) atoms. The summed E-state index contributed by atoms with van der Waals surface area (Å²) in [4.78, 5) is 22.4. The number of benzene rings is 2. The Morgan fingerprint density at radius 2 is 1.89 bits per heavy atom. The number of nitrogens with one attached hydrogen (secondary N) is 1. The quantitative estimate of drug-likeness (QED) is 0.350. The Labute approximate surface area is 163 Å². The summed E-state index contributed by atoms with van der Waals surface area (Å²) in [6.07, 6.45) is 1.09. The third-order valence-electron chi connectivity index (χ3n) is 3.27. The number of nitro benzene ring substituents is 1. The van der Waals surface area contributed by atoms with Crippen LogP contribution < -0.4 is 15.2 Å². The summed E-state index contributed by atoms with van der Waals surface area (Å²) in [5, 5.41) is 35.1. The molecule has 0 saturated carbocycles. The molecule has 0 aliphatic carbocycles. The maximum Gasteiger partial charge on any atom is 0.266 e. The van der Waals surface area contributed by atoms with E-state index in [2.05, 4.69) is 5.32 Å². The van der Waals surface area contributed by atoms with E-state index in [0.717, 1.165) is 12.1 Å². The maximum atomic E-state index is 12.3. The first-order chi connectivity index (χ1) is 12.7. The Hall–Kier alpha value is -3.28. The van der Waals surface area contributed by atoms with E-state index in [4.69, 9.17) is 27.9 Å². The molecule has 0 saturated heterocycles. The fourth-order valence-corrected chi connectivity index (χ4v) is 2.64. The number of ether oxygens (including phenoxy) is 1. The molecule has 0 aliphatic rings. The number of nitrogens with zero attached hydrogens (tertiary/aromatic N) is 2. The van der Waals surface area contributed by atoms with Crippen LogP contribution in [0.2, 0.25) is 10.0 Å². The number of carbonyl (C=O) groups excluding carboxylic acids is 1. The van der Waals surface area contributed by atoms with Crippen molar-refractivity contribution in [1.82, 2.24) is 0 Å². The van der Waals surface area contributed by atoms with Gasteiger partial charge >= 0.3 is 0 Å². The molecule has 1 N–H and O–H groups in total. The first-order valence-electron chi connectivity index (χ1n) is 7.18. The van der Waals surface area contributed by atoms with E-state index < -0.39 is 22.3 Å². The maximum absolute atomic E-state index is 12.3. The number of hydrogen-bond acceptors (Lipinski definition) is 6. The lowest BCUT2D eigenvalue weighted by atomic mass is 10.1. The number of halogens is 2. The molecule has 10 heteroatoms. The first-order valence-corrected chi connectivity index (χ1v) is 7.93. The molecule has 0 bridgehead atoms. The van der Waals surface area contributed by atoms with Gasteiger partial charge in [-0.2, -0.15) is 5.26 Å². The van der Waals surface area contributed by atoms with Gasteiger partial charge in [-0.05, 0) is 35.9 Å². The van der Waals surface area contributed by atoms with Gasteiger partial charge < -0.3 is 15.2 Å². The molecule has 0 radical (unpaired) electrons. The molecular weight excluding hydrogens is 397 g/mol. The fraction of sp³-hybridized carbons (Fsp3) is 0.0588. The molecule has 0 spiro atoms. The molecule has 0 heterocycles. The highest BCUT2D eigenvalue weighted by atomic mass is 35.5. The van der Waals surface area contributed by atoms with Gasteiger partial charge in [0.05, 0.1) is 12.0 Å². The topological polar surface area (TPSA) is 128 Å². The molecule has 138 valence electrons. The average Bonchev–Trinajstić information content (AvgIpc) is 2.59. The van der Waals surface area contributed by atoms with Gasteiger partial charge in [-0.3, -0.25) is 14.9 Å². The van der Waals surface area contributed by atoms with Gasteiger partial charge in [0.15, 0.2) is 0 Å². The minimum Gasteiger partial charge on any atom is -0.865 e. The van der Waals surface area contributed by atoms with Crippen molar-refractivity contribution in [2.24, 2.45) is 0 Å². The van der Waals surface area contributed by atoms with Crippen LogP contribution in [0.5, 0.6) is 11.5 Å². The summed E-state index contributed by atoms with van der Waals surface area (Å²) in [7, 11) is 1.18. The molecule has 2 aromatic carbocycles. The van der Waals surface area contributed by atoms with E-state index >= 15 is 0 Å². The molecule has 0 atom stereocenters. The van der Waals surface area contributed by atoms with Gasteiger partial charge in [0, 0.05) is 27.5 Å². The lowest BCUT2D eigenvalue weighted by Crippen LogP contribution is -2.13. The number of nitriles is 1. The lowest BCUT2D eigenvalue weighted by Gasteiger charge is -2.13. The summed E-state index contributed by atoms with van der Waals surface area (Å²) in [6, 6.07) is 8.17. The van der Waals surface area contributed by atoms with Crippen molar-refractivity contribution in [3.63, 3.8) is 0 Å². The molecule has 0 aliphatic heterocycles. The van der Waals surface area contributed by atoms with Crippen LogP contribution in [0.15, 0.2) is 35.9 Å². The Balaban J connectivity index is 2.40. The Bertz CT molecular complexity index is 979. The summed E-state index contributed by atoms with van der Waals surface area (Å²) in [6.45, 7) is 0. The fourth-order valence-electron chi connectivity index (χ4n) is 2.12. The Morgan fingerprint density at radius 3 is 2.41 bits per heavy atom. The van der Waals surface area contributed by atoms with Gasteiger partial charge in [-0.15, -0.1) is 0 Å². The smallest absolute Gasteiger partial charge is 0.266 e. The second kappa shape index (κ2) is 8.40. The monoisotopic (exact) mass is 406 g/mol. The van der Waals surface area contributed by atoms with E-state index in [9.17, 15) is 25.3 Å². The Morgan fingerprint density at radius 1 is 1.26 bits per heavy atom. The van der Waals surface area contributed by atoms with Crippen molar-refractivity contribution in [3.05, 3.63) is 61.6 Å². The van der Waals surface area contributed by atoms with E-state index in [-0.39, 0.29) is 32.6 Å². The van der Waals surface area contributed by atoms with Crippen LogP contribution in [0, 0.1) is 21.4 Å². The number of methoxy groups -OCH3 is 1. The zero-order valence-electron chi connectivity index (χ0n) is 13.7. The summed E-state index contributed by atoms with van der Waals surface area (Å²) in [5.41, 5.74) is -0.757. The summed E-state index contributed by atoms with van der Waals surface area (Å²) >= 11 is 11.7. The van der Waals surface area contributed by atoms with Crippen LogP contribution in [0.25, 0.3) is 6.08 Å². The molecule has 1 amide bonds. The van der Waals surface area contributed by atoms with Gasteiger partial charge in [-0.25, -0.2) is 0 Å². The third kappa shape index (κ3) is 4.88. The van der Waals surface area contributed by atoms with Crippen molar-refractivity contribution in [3.8, 4) is 17.6 Å². The zero-order chi connectivity index (χ0) is 20.1. The minimum absolute atomic E-state index is 0.0778. The van der Waals surface area contributed by atoms with Crippen molar-refractivity contribution < 1.29 is 19.6 Å². The SMILES string of the molecule is COc1cc(/C=C(\C#N)C(=O)Nc2cc(Cl)cc(Cl)c2)cc([N+](=O)[O-])c1[O-]. The third-order valence-corrected chi connectivity index (χ3v) is 3.71. The Kier molecular flexibility index (Phi) is 6.23. The number of carbonyl (C=O) groups is 1. The number of rotatable bonds is 5. The van der Waals surface area contributed by atoms with Crippen LogP contribution in [-0.4, -0.2) is 17.9 Å². The second-order valence-corrected chi connectivity index (χ2v) is 5.98. The van der Waals surface area contributed by atoms with E-state index in [0.29, 0.717) is 0 Å². The van der Waals surface area contributed by atoms with Crippen molar-refractivity contribution >= 4 is 46.6 Å². The second-order valence-electron chi connectivity index (χ2n) is 5.11. The summed E-state index contributed by atoms with van der Waals surface area (Å²) in [5.74, 6) is -1.98. The van der Waals surface area contributed by atoms with E-state index in [1.807, 2.05) is 0 Å². The number of anilines is 1. The first kappa shape index (κ1) is 20.0. The molecular formula is C17H10Cl2N3O5-. The standard InChI is InChI=1S/C17H11Cl2N3O5/c1-27-15-4-9(3-14(16(15)23)22(25)26)2-10(8-20)17(24)21-13-6-11(18)5-12(19)7-13/h2-7,23H,1H3,(H,21,24)/p-1/b10-2+. The van der Waals surface area contributed by atoms with Crippen LogP contribution >= 0.6 is 23.2 Å². The van der Waals surface area contributed by atoms with Crippen LogP contribution in [0.1, 0.15) is 5.56 Å². The number of nitro groups is 1. The minimum atomic E-state index is -0.906. The summed E-state index contributed by atoms with van der Waals surface area (Å²) < 4.78 is 4.82. The van der Waals surface area contributed by atoms with E-state index in [1.54, 1.807) is 6.07 Å². The van der Waals surface area contributed by atoms with Gasteiger partial charge in [0.25, 0.3) is 11.6 Å². The molecule has 0 fully saturated rings. The van der Waals surface area contributed by atoms with Crippen LogP contribution in [0.3, 0.4) is 0 Å². The van der Waals surface area contributed by atoms with Crippen molar-refractivity contribution in [2.45, 2.75) is 0 Å². The van der Waals surface area contributed by atoms with E-state index in [1.165, 1.54) is 31.4 Å². The average molecular weight is 407 g/mol. The highest BCUT2D eigenvalue weighted by Crippen LogP contribution is 2.35. The van der Waals surface area contributed by atoms with Crippen LogP contribution in [0.4, 0.5) is 11.4 Å².